The molecule has 1 N–H and O–H groups in total. The van der Waals surface area contributed by atoms with E-state index in [-0.39, 0.29) is 17.7 Å². The van der Waals surface area contributed by atoms with E-state index in [9.17, 15) is 9.59 Å². The predicted octanol–water partition coefficient (Wildman–Crippen LogP) is 2.95. The van der Waals surface area contributed by atoms with Crippen LogP contribution in [0.15, 0.2) is 12.3 Å². The van der Waals surface area contributed by atoms with Crippen LogP contribution in [0.25, 0.3) is 0 Å². The van der Waals surface area contributed by atoms with Gasteiger partial charge in [-0.3, -0.25) is 9.69 Å². The van der Waals surface area contributed by atoms with E-state index in [1.54, 1.807) is 6.20 Å². The maximum Gasteiger partial charge on any atom is 0.407 e. The van der Waals surface area contributed by atoms with E-state index in [0.717, 1.165) is 31.5 Å². The van der Waals surface area contributed by atoms with Gasteiger partial charge in [-0.15, -0.1) is 0 Å². The van der Waals surface area contributed by atoms with E-state index in [2.05, 4.69) is 10.4 Å². The molecule has 1 aliphatic carbocycles. The number of fused-ring (bicyclic) bond motifs is 1. The molecule has 7 nitrogen and oxygen atoms in total. The van der Waals surface area contributed by atoms with E-state index in [0.29, 0.717) is 19.6 Å². The van der Waals surface area contributed by atoms with E-state index >= 15 is 0 Å². The maximum atomic E-state index is 13.1. The van der Waals surface area contributed by atoms with Gasteiger partial charge in [0, 0.05) is 37.5 Å². The van der Waals surface area contributed by atoms with Gasteiger partial charge in [-0.2, -0.15) is 5.10 Å². The largest absolute Gasteiger partial charge is 0.444 e. The van der Waals surface area contributed by atoms with Crippen molar-refractivity contribution in [2.24, 2.45) is 11.8 Å². The van der Waals surface area contributed by atoms with Crippen molar-refractivity contribution in [3.05, 3.63) is 12.3 Å². The fourth-order valence-electron chi connectivity index (χ4n) is 3.79. The van der Waals surface area contributed by atoms with Crippen LogP contribution in [-0.2, 0) is 16.1 Å². The highest BCUT2D eigenvalue weighted by atomic mass is 16.6. The second-order valence-corrected chi connectivity index (χ2v) is 8.40. The van der Waals surface area contributed by atoms with Crippen molar-refractivity contribution in [1.82, 2.24) is 15.1 Å². The SMILES string of the molecule is CC(C)(C)OC(=O)NCC1CN(C(=O)C2CCCCC2)c2ccnn2C1. The first kappa shape index (κ1) is 18.7. The molecule has 1 saturated carbocycles. The molecule has 144 valence electrons. The predicted molar refractivity (Wildman–Crippen MR) is 98.9 cm³/mol. The number of carbonyl (C=O) groups excluding carboxylic acids is 2. The molecule has 1 unspecified atom stereocenters. The Morgan fingerprint density at radius 1 is 1.23 bits per heavy atom. The minimum Gasteiger partial charge on any atom is -0.444 e. The number of hydrogen-bond acceptors (Lipinski definition) is 4. The van der Waals surface area contributed by atoms with E-state index in [1.807, 2.05) is 36.4 Å². The third-order valence-corrected chi connectivity index (χ3v) is 5.00. The van der Waals surface area contributed by atoms with Crippen LogP contribution >= 0.6 is 0 Å². The van der Waals surface area contributed by atoms with Gasteiger partial charge in [0.2, 0.25) is 5.91 Å². The number of amides is 2. The number of ether oxygens (including phenoxy) is 1. The first-order valence-corrected chi connectivity index (χ1v) is 9.63. The van der Waals surface area contributed by atoms with Crippen LogP contribution < -0.4 is 10.2 Å². The van der Waals surface area contributed by atoms with Gasteiger partial charge in [0.1, 0.15) is 11.4 Å². The number of anilines is 1. The summed E-state index contributed by atoms with van der Waals surface area (Å²) in [4.78, 5) is 26.9. The minimum atomic E-state index is -0.519. The molecule has 0 radical (unpaired) electrons. The van der Waals surface area contributed by atoms with Crippen LogP contribution in [-0.4, -0.2) is 40.5 Å². The molecule has 2 heterocycles. The topological polar surface area (TPSA) is 76.5 Å². The first-order valence-electron chi connectivity index (χ1n) is 9.63. The Labute approximate surface area is 155 Å². The van der Waals surface area contributed by atoms with Crippen molar-refractivity contribution in [1.29, 1.82) is 0 Å². The summed E-state index contributed by atoms with van der Waals surface area (Å²) >= 11 is 0. The number of nitrogens with zero attached hydrogens (tertiary/aromatic N) is 3. The lowest BCUT2D eigenvalue weighted by Gasteiger charge is -2.36. The first-order chi connectivity index (χ1) is 12.3. The zero-order valence-corrected chi connectivity index (χ0v) is 16.0. The van der Waals surface area contributed by atoms with Crippen LogP contribution in [0.1, 0.15) is 52.9 Å². The number of carbonyl (C=O) groups is 2. The summed E-state index contributed by atoms with van der Waals surface area (Å²) in [5, 5.41) is 7.18. The molecule has 1 fully saturated rings. The van der Waals surface area contributed by atoms with Gasteiger partial charge in [0.05, 0.1) is 6.20 Å². The normalized spacial score (nSPS) is 21.2. The molecule has 1 aliphatic heterocycles. The van der Waals surface area contributed by atoms with Crippen LogP contribution in [0.5, 0.6) is 0 Å². The average molecular weight is 362 g/mol. The summed E-state index contributed by atoms with van der Waals surface area (Å²) in [5.74, 6) is 1.30. The molecule has 0 saturated heterocycles. The molecule has 0 bridgehead atoms. The zero-order chi connectivity index (χ0) is 18.7. The van der Waals surface area contributed by atoms with Gasteiger partial charge in [-0.1, -0.05) is 19.3 Å². The Balaban J connectivity index is 1.64. The second kappa shape index (κ2) is 7.68. The lowest BCUT2D eigenvalue weighted by Crippen LogP contribution is -2.48. The van der Waals surface area contributed by atoms with Crippen molar-refractivity contribution in [2.45, 2.75) is 65.0 Å². The van der Waals surface area contributed by atoms with Gasteiger partial charge in [-0.05, 0) is 33.6 Å². The van der Waals surface area contributed by atoms with Crippen molar-refractivity contribution in [3.8, 4) is 0 Å². The lowest BCUT2D eigenvalue weighted by atomic mass is 9.88. The van der Waals surface area contributed by atoms with Crippen molar-refractivity contribution in [3.63, 3.8) is 0 Å². The monoisotopic (exact) mass is 362 g/mol. The Morgan fingerprint density at radius 2 is 1.96 bits per heavy atom. The molecular formula is C19H30N4O3. The van der Waals surface area contributed by atoms with E-state index in [4.69, 9.17) is 4.74 Å². The van der Waals surface area contributed by atoms with E-state index in [1.165, 1.54) is 6.42 Å². The average Bonchev–Trinajstić information content (AvgIpc) is 3.06. The highest BCUT2D eigenvalue weighted by molar-refractivity contribution is 5.94. The summed E-state index contributed by atoms with van der Waals surface area (Å²) < 4.78 is 7.17. The van der Waals surface area contributed by atoms with Crippen molar-refractivity contribution < 1.29 is 14.3 Å². The quantitative estimate of drug-likeness (QED) is 0.897. The molecular weight excluding hydrogens is 332 g/mol. The van der Waals surface area contributed by atoms with Gasteiger partial charge in [-0.25, -0.2) is 9.48 Å². The Bertz CT molecular complexity index is 643. The molecule has 1 aromatic heterocycles. The molecule has 2 amide bonds. The molecule has 0 spiro atoms. The molecule has 26 heavy (non-hydrogen) atoms. The molecule has 1 atom stereocenters. The second-order valence-electron chi connectivity index (χ2n) is 8.40. The number of alkyl carbamates (subject to hydrolysis) is 1. The molecule has 2 aliphatic rings. The molecule has 0 aromatic carbocycles. The molecule has 3 rings (SSSR count). The van der Waals surface area contributed by atoms with E-state index < -0.39 is 11.7 Å². The third kappa shape index (κ3) is 4.56. The smallest absolute Gasteiger partial charge is 0.407 e. The summed E-state index contributed by atoms with van der Waals surface area (Å²) in [6.07, 6.45) is 6.76. The lowest BCUT2D eigenvalue weighted by molar-refractivity contribution is -0.123. The summed E-state index contributed by atoms with van der Waals surface area (Å²) in [6, 6.07) is 1.90. The molecule has 1 aromatic rings. The van der Waals surface area contributed by atoms with Gasteiger partial charge in [0.25, 0.3) is 0 Å². The standard InChI is InChI=1S/C19H30N4O3/c1-19(2,3)26-18(25)20-11-14-12-22(16-9-10-21-23(16)13-14)17(24)15-7-5-4-6-8-15/h9-10,14-15H,4-8,11-13H2,1-3H3,(H,20,25). The van der Waals surface area contributed by atoms with Crippen LogP contribution in [0.4, 0.5) is 10.6 Å². The Hall–Kier alpha value is -2.05. The Kier molecular flexibility index (Phi) is 5.53. The van der Waals surface area contributed by atoms with Crippen LogP contribution in [0.2, 0.25) is 0 Å². The third-order valence-electron chi connectivity index (χ3n) is 5.00. The highest BCUT2D eigenvalue weighted by Crippen LogP contribution is 2.30. The molecule has 7 heteroatoms. The fraction of sp³-hybridized carbons (Fsp3) is 0.737. The number of nitrogens with one attached hydrogen (secondary N) is 1. The Morgan fingerprint density at radius 3 is 2.65 bits per heavy atom. The maximum absolute atomic E-state index is 13.1. The minimum absolute atomic E-state index is 0.113. The summed E-state index contributed by atoms with van der Waals surface area (Å²) in [5.41, 5.74) is -0.519. The van der Waals surface area contributed by atoms with Crippen LogP contribution in [0.3, 0.4) is 0 Å². The zero-order valence-electron chi connectivity index (χ0n) is 16.0. The fourth-order valence-corrected chi connectivity index (χ4v) is 3.79. The van der Waals surface area contributed by atoms with Crippen molar-refractivity contribution >= 4 is 17.8 Å². The number of rotatable bonds is 3. The van der Waals surface area contributed by atoms with Crippen molar-refractivity contribution in [2.75, 3.05) is 18.0 Å². The van der Waals surface area contributed by atoms with Gasteiger partial charge in [0.15, 0.2) is 0 Å². The summed E-state index contributed by atoms with van der Waals surface area (Å²) in [7, 11) is 0. The van der Waals surface area contributed by atoms with Gasteiger partial charge < -0.3 is 10.1 Å². The number of aromatic nitrogens is 2. The summed E-state index contributed by atoms with van der Waals surface area (Å²) in [6.45, 7) is 7.28. The number of hydrogen-bond donors (Lipinski definition) is 1. The van der Waals surface area contributed by atoms with Gasteiger partial charge >= 0.3 is 6.09 Å². The highest BCUT2D eigenvalue weighted by Gasteiger charge is 2.33. The van der Waals surface area contributed by atoms with Crippen LogP contribution in [0, 0.1) is 11.8 Å².